The van der Waals surface area contributed by atoms with Gasteiger partial charge in [0.2, 0.25) is 11.8 Å². The number of carbonyl (C=O) groups is 1. The molecule has 2 aromatic carbocycles. The van der Waals surface area contributed by atoms with Gasteiger partial charge in [0, 0.05) is 12.1 Å². The summed E-state index contributed by atoms with van der Waals surface area (Å²) in [6.45, 7) is 3.88. The lowest BCUT2D eigenvalue weighted by molar-refractivity contribution is -0.118. The van der Waals surface area contributed by atoms with Crippen LogP contribution in [0, 0.1) is 13.8 Å². The van der Waals surface area contributed by atoms with Crippen molar-refractivity contribution in [2.24, 2.45) is 0 Å². The molecule has 1 aromatic heterocycles. The summed E-state index contributed by atoms with van der Waals surface area (Å²) in [6.07, 6.45) is 0. The molecule has 158 valence electrons. The van der Waals surface area contributed by atoms with Crippen molar-refractivity contribution in [2.45, 2.75) is 26.1 Å². The molecule has 8 heteroatoms. The summed E-state index contributed by atoms with van der Waals surface area (Å²) >= 11 is 0. The summed E-state index contributed by atoms with van der Waals surface area (Å²) in [4.78, 5) is 16.5. The number of ether oxygens (including phenoxy) is 1. The third-order valence-electron chi connectivity index (χ3n) is 4.55. The van der Waals surface area contributed by atoms with Crippen LogP contribution in [0.5, 0.6) is 5.75 Å². The van der Waals surface area contributed by atoms with E-state index in [1.165, 1.54) is 0 Å². The van der Waals surface area contributed by atoms with E-state index in [9.17, 15) is 13.2 Å². The van der Waals surface area contributed by atoms with E-state index in [0.717, 1.165) is 16.7 Å². The number of nitrogens with zero attached hydrogens (tertiary/aromatic N) is 1. The van der Waals surface area contributed by atoms with Gasteiger partial charge in [0.1, 0.15) is 17.3 Å². The standard InChI is InChI=1S/C22H24N2O5S/c1-15-4-8-18(9-5-15)22-24-20(16(2)29-22)13-30(26,27)14-21(25)23-12-17-6-10-19(28-3)11-7-17/h4-11H,12-14H2,1-3H3,(H,23,25). The van der Waals surface area contributed by atoms with Crippen molar-refractivity contribution in [1.29, 1.82) is 0 Å². The van der Waals surface area contributed by atoms with Gasteiger partial charge in [-0.25, -0.2) is 13.4 Å². The van der Waals surface area contributed by atoms with Crippen molar-refractivity contribution in [3.8, 4) is 17.2 Å². The molecule has 0 fully saturated rings. The monoisotopic (exact) mass is 428 g/mol. The molecule has 0 unspecified atom stereocenters. The Morgan fingerprint density at radius 1 is 1.07 bits per heavy atom. The van der Waals surface area contributed by atoms with Crippen LogP contribution >= 0.6 is 0 Å². The fourth-order valence-electron chi connectivity index (χ4n) is 2.84. The summed E-state index contributed by atoms with van der Waals surface area (Å²) in [5.74, 6) is -0.0414. The van der Waals surface area contributed by atoms with E-state index < -0.39 is 21.5 Å². The highest BCUT2D eigenvalue weighted by Crippen LogP contribution is 2.23. The number of benzene rings is 2. The zero-order valence-corrected chi connectivity index (χ0v) is 18.0. The number of rotatable bonds is 8. The zero-order valence-electron chi connectivity index (χ0n) is 17.1. The number of aryl methyl sites for hydroxylation is 2. The second-order valence-electron chi connectivity index (χ2n) is 7.04. The van der Waals surface area contributed by atoms with Gasteiger partial charge < -0.3 is 14.5 Å². The molecule has 1 amide bonds. The predicted octanol–water partition coefficient (Wildman–Crippen LogP) is 3.20. The van der Waals surface area contributed by atoms with Crippen molar-refractivity contribution in [1.82, 2.24) is 10.3 Å². The van der Waals surface area contributed by atoms with Gasteiger partial charge in [-0.3, -0.25) is 4.79 Å². The summed E-state index contributed by atoms with van der Waals surface area (Å²) in [5, 5.41) is 2.63. The van der Waals surface area contributed by atoms with Gasteiger partial charge in [-0.2, -0.15) is 0 Å². The average molecular weight is 429 g/mol. The lowest BCUT2D eigenvalue weighted by Crippen LogP contribution is -2.30. The number of aromatic nitrogens is 1. The molecule has 7 nitrogen and oxygen atoms in total. The van der Waals surface area contributed by atoms with E-state index in [1.807, 2.05) is 31.2 Å². The molecule has 0 aliphatic carbocycles. The second kappa shape index (κ2) is 9.13. The molecule has 30 heavy (non-hydrogen) atoms. The van der Waals surface area contributed by atoms with Gasteiger partial charge in [-0.1, -0.05) is 29.8 Å². The van der Waals surface area contributed by atoms with Gasteiger partial charge in [0.25, 0.3) is 0 Å². The Labute approximate surface area is 176 Å². The molecule has 3 aromatic rings. The predicted molar refractivity (Wildman–Crippen MR) is 114 cm³/mol. The molecule has 0 saturated heterocycles. The number of hydrogen-bond acceptors (Lipinski definition) is 6. The molecule has 0 atom stereocenters. The lowest BCUT2D eigenvalue weighted by atomic mass is 10.1. The molecule has 3 rings (SSSR count). The van der Waals surface area contributed by atoms with Crippen LogP contribution in [0.15, 0.2) is 52.9 Å². The van der Waals surface area contributed by atoms with Crippen molar-refractivity contribution >= 4 is 15.7 Å². The maximum Gasteiger partial charge on any atom is 0.235 e. The highest BCUT2D eigenvalue weighted by atomic mass is 32.2. The Balaban J connectivity index is 1.60. The zero-order chi connectivity index (χ0) is 21.7. The number of carbonyl (C=O) groups excluding carboxylic acids is 1. The van der Waals surface area contributed by atoms with E-state index in [4.69, 9.17) is 9.15 Å². The Morgan fingerprint density at radius 3 is 2.37 bits per heavy atom. The summed E-state index contributed by atoms with van der Waals surface area (Å²) in [5.41, 5.74) is 3.03. The van der Waals surface area contributed by atoms with Gasteiger partial charge in [0.15, 0.2) is 9.84 Å². The maximum atomic E-state index is 12.5. The minimum Gasteiger partial charge on any atom is -0.497 e. The van der Waals surface area contributed by atoms with Gasteiger partial charge >= 0.3 is 0 Å². The third-order valence-corrected chi connectivity index (χ3v) is 5.96. The van der Waals surface area contributed by atoms with Crippen LogP contribution in [0.3, 0.4) is 0 Å². The smallest absolute Gasteiger partial charge is 0.235 e. The number of nitrogens with one attached hydrogen (secondary N) is 1. The van der Waals surface area contributed by atoms with Crippen molar-refractivity contribution < 1.29 is 22.4 Å². The quantitative estimate of drug-likeness (QED) is 0.592. The largest absolute Gasteiger partial charge is 0.497 e. The molecular formula is C22H24N2O5S. The molecule has 0 aliphatic rings. The molecule has 0 radical (unpaired) electrons. The van der Waals surface area contributed by atoms with E-state index in [-0.39, 0.29) is 12.3 Å². The van der Waals surface area contributed by atoms with Crippen LogP contribution in [0.2, 0.25) is 0 Å². The summed E-state index contributed by atoms with van der Waals surface area (Å²) in [7, 11) is -2.13. The summed E-state index contributed by atoms with van der Waals surface area (Å²) in [6, 6.07) is 14.8. The fourth-order valence-corrected chi connectivity index (χ4v) is 4.12. The SMILES string of the molecule is COc1ccc(CNC(=O)CS(=O)(=O)Cc2nc(-c3ccc(C)cc3)oc2C)cc1. The molecule has 0 bridgehead atoms. The van der Waals surface area contributed by atoms with E-state index >= 15 is 0 Å². The van der Waals surface area contributed by atoms with E-state index in [1.54, 1.807) is 38.3 Å². The molecular weight excluding hydrogens is 404 g/mol. The first-order chi connectivity index (χ1) is 14.3. The normalized spacial score (nSPS) is 11.3. The first-order valence-corrected chi connectivity index (χ1v) is 11.2. The lowest BCUT2D eigenvalue weighted by Gasteiger charge is -2.07. The average Bonchev–Trinajstić information content (AvgIpc) is 3.06. The van der Waals surface area contributed by atoms with Gasteiger partial charge in [-0.05, 0) is 43.7 Å². The minimum absolute atomic E-state index is 0.235. The van der Waals surface area contributed by atoms with E-state index in [2.05, 4.69) is 10.3 Å². The minimum atomic E-state index is -3.70. The molecule has 0 aliphatic heterocycles. The van der Waals surface area contributed by atoms with Crippen LogP contribution in [0.1, 0.15) is 22.6 Å². The van der Waals surface area contributed by atoms with Crippen LogP contribution < -0.4 is 10.1 Å². The number of oxazole rings is 1. The van der Waals surface area contributed by atoms with Crippen molar-refractivity contribution in [3.05, 3.63) is 71.1 Å². The molecule has 0 saturated carbocycles. The number of amides is 1. The van der Waals surface area contributed by atoms with Crippen LogP contribution in [-0.2, 0) is 26.9 Å². The van der Waals surface area contributed by atoms with Crippen LogP contribution in [0.4, 0.5) is 0 Å². The van der Waals surface area contributed by atoms with Crippen molar-refractivity contribution in [2.75, 3.05) is 12.9 Å². The van der Waals surface area contributed by atoms with Crippen LogP contribution in [0.25, 0.3) is 11.5 Å². The highest BCUT2D eigenvalue weighted by molar-refractivity contribution is 7.91. The summed E-state index contributed by atoms with van der Waals surface area (Å²) < 4.78 is 35.7. The molecule has 1 N–H and O–H groups in total. The Kier molecular flexibility index (Phi) is 6.56. The van der Waals surface area contributed by atoms with Crippen molar-refractivity contribution in [3.63, 3.8) is 0 Å². The van der Waals surface area contributed by atoms with Crippen LogP contribution in [-0.4, -0.2) is 32.2 Å². The molecule has 1 heterocycles. The Bertz CT molecular complexity index is 1120. The van der Waals surface area contributed by atoms with E-state index in [0.29, 0.717) is 23.1 Å². The molecule has 0 spiro atoms. The Hall–Kier alpha value is -3.13. The topological polar surface area (TPSA) is 98.5 Å². The van der Waals surface area contributed by atoms with Gasteiger partial charge in [0.05, 0.1) is 18.6 Å². The first kappa shape index (κ1) is 21.6. The fraction of sp³-hybridized carbons (Fsp3) is 0.273. The Morgan fingerprint density at radius 2 is 1.73 bits per heavy atom. The number of sulfone groups is 1. The van der Waals surface area contributed by atoms with Gasteiger partial charge in [-0.15, -0.1) is 0 Å². The number of hydrogen-bond donors (Lipinski definition) is 1. The highest BCUT2D eigenvalue weighted by Gasteiger charge is 2.22. The first-order valence-electron chi connectivity index (χ1n) is 9.39. The third kappa shape index (κ3) is 5.70. The maximum absolute atomic E-state index is 12.5. The second-order valence-corrected chi connectivity index (χ2v) is 9.11. The number of methoxy groups -OCH3 is 1.